The molecule has 0 fully saturated rings. The monoisotopic (exact) mass is 406 g/mol. The van der Waals surface area contributed by atoms with Crippen LogP contribution in [0.1, 0.15) is 45.3 Å². The number of hydrogen-bond donors (Lipinski definition) is 0. The number of benzene rings is 1. The van der Waals surface area contributed by atoms with Crippen LogP contribution in [-0.4, -0.2) is 19.7 Å². The lowest BCUT2D eigenvalue weighted by molar-refractivity contribution is 0.384. The van der Waals surface area contributed by atoms with Crippen molar-refractivity contribution < 1.29 is 4.52 Å². The second-order valence-corrected chi connectivity index (χ2v) is 8.24. The molecule has 0 spiro atoms. The zero-order valence-electron chi connectivity index (χ0n) is 15.7. The molecule has 0 aliphatic heterocycles. The number of unbranched alkanes of at least 4 members (excludes halogenated alkanes) is 1. The Hall–Kier alpha value is -1.86. The molecular formula is C19H23ClN4O2S. The largest absolute Gasteiger partial charge is 0.338 e. The quantitative estimate of drug-likeness (QED) is 0.398. The standard InChI is InChI=1S/C19H23ClN4O2S/c1-4-5-6-16-22-17(26-23-16)11-27-19-21-15-8-7-13(20)9-14(15)18(25)24(19)10-12(2)3/h7-9,12H,4-6,10-11H2,1-3H3. The van der Waals surface area contributed by atoms with E-state index in [0.29, 0.717) is 45.2 Å². The summed E-state index contributed by atoms with van der Waals surface area (Å²) in [6, 6.07) is 5.20. The van der Waals surface area contributed by atoms with Gasteiger partial charge in [-0.05, 0) is 30.5 Å². The first kappa shape index (κ1) is 19.9. The summed E-state index contributed by atoms with van der Waals surface area (Å²) < 4.78 is 7.03. The van der Waals surface area contributed by atoms with Crippen LogP contribution in [0.25, 0.3) is 10.9 Å². The van der Waals surface area contributed by atoms with E-state index < -0.39 is 0 Å². The Labute approximate surface area is 167 Å². The van der Waals surface area contributed by atoms with Crippen molar-refractivity contribution in [2.45, 2.75) is 57.5 Å². The molecule has 3 aromatic rings. The molecule has 0 bridgehead atoms. The topological polar surface area (TPSA) is 73.8 Å². The van der Waals surface area contributed by atoms with Crippen LogP contribution in [0.5, 0.6) is 0 Å². The average molecular weight is 407 g/mol. The Balaban J connectivity index is 1.89. The summed E-state index contributed by atoms with van der Waals surface area (Å²) in [7, 11) is 0. The summed E-state index contributed by atoms with van der Waals surface area (Å²) in [4.78, 5) is 22.1. The molecule has 0 aliphatic rings. The van der Waals surface area contributed by atoms with Gasteiger partial charge in [0.05, 0.1) is 16.7 Å². The third kappa shape index (κ3) is 4.90. The van der Waals surface area contributed by atoms with Gasteiger partial charge in [0.25, 0.3) is 5.56 Å². The molecule has 0 atom stereocenters. The smallest absolute Gasteiger partial charge is 0.262 e. The van der Waals surface area contributed by atoms with Crippen molar-refractivity contribution in [3.63, 3.8) is 0 Å². The molecule has 8 heteroatoms. The second kappa shape index (κ2) is 8.89. The molecule has 0 radical (unpaired) electrons. The zero-order valence-corrected chi connectivity index (χ0v) is 17.3. The molecule has 6 nitrogen and oxygen atoms in total. The van der Waals surface area contributed by atoms with Gasteiger partial charge in [0, 0.05) is 18.0 Å². The first-order chi connectivity index (χ1) is 13.0. The van der Waals surface area contributed by atoms with Crippen LogP contribution >= 0.6 is 23.4 Å². The highest BCUT2D eigenvalue weighted by Crippen LogP contribution is 2.23. The van der Waals surface area contributed by atoms with Crippen molar-refractivity contribution in [2.75, 3.05) is 0 Å². The Kier molecular flexibility index (Phi) is 6.55. The van der Waals surface area contributed by atoms with Crippen molar-refractivity contribution in [1.29, 1.82) is 0 Å². The van der Waals surface area contributed by atoms with Crippen molar-refractivity contribution in [3.8, 4) is 0 Å². The lowest BCUT2D eigenvalue weighted by Crippen LogP contribution is -2.25. The maximum absolute atomic E-state index is 13.0. The number of nitrogens with zero attached hydrogens (tertiary/aromatic N) is 4. The molecule has 0 aliphatic carbocycles. The van der Waals surface area contributed by atoms with Crippen molar-refractivity contribution in [1.82, 2.24) is 19.7 Å². The highest BCUT2D eigenvalue weighted by Gasteiger charge is 2.15. The highest BCUT2D eigenvalue weighted by molar-refractivity contribution is 7.98. The van der Waals surface area contributed by atoms with E-state index in [1.807, 2.05) is 0 Å². The summed E-state index contributed by atoms with van der Waals surface area (Å²) >= 11 is 7.49. The van der Waals surface area contributed by atoms with Gasteiger partial charge in [-0.15, -0.1) is 0 Å². The number of aromatic nitrogens is 4. The summed E-state index contributed by atoms with van der Waals surface area (Å²) in [6.45, 7) is 6.85. The van der Waals surface area contributed by atoms with Gasteiger partial charge in [0.15, 0.2) is 11.0 Å². The summed E-state index contributed by atoms with van der Waals surface area (Å²) in [5.74, 6) is 2.06. The summed E-state index contributed by atoms with van der Waals surface area (Å²) in [5, 5.41) is 5.73. The number of thioether (sulfide) groups is 1. The Morgan fingerprint density at radius 1 is 1.30 bits per heavy atom. The number of aryl methyl sites for hydroxylation is 1. The maximum atomic E-state index is 13.0. The van der Waals surface area contributed by atoms with Gasteiger partial charge in [-0.3, -0.25) is 9.36 Å². The summed E-state index contributed by atoms with van der Waals surface area (Å²) in [6.07, 6.45) is 2.94. The molecule has 0 saturated heterocycles. The molecule has 2 heterocycles. The van der Waals surface area contributed by atoms with Crippen LogP contribution in [0.3, 0.4) is 0 Å². The predicted octanol–water partition coefficient (Wildman–Crippen LogP) is 4.72. The van der Waals surface area contributed by atoms with Crippen LogP contribution < -0.4 is 5.56 Å². The van der Waals surface area contributed by atoms with Crippen molar-refractivity contribution in [2.24, 2.45) is 5.92 Å². The molecule has 0 unspecified atom stereocenters. The fourth-order valence-electron chi connectivity index (χ4n) is 2.72. The minimum Gasteiger partial charge on any atom is -0.338 e. The van der Waals surface area contributed by atoms with Crippen molar-refractivity contribution in [3.05, 3.63) is 45.3 Å². The lowest BCUT2D eigenvalue weighted by atomic mass is 10.2. The minimum atomic E-state index is -0.0761. The normalized spacial score (nSPS) is 11.6. The number of fused-ring (bicyclic) bond motifs is 1. The van der Waals surface area contributed by atoms with Crippen molar-refractivity contribution >= 4 is 34.3 Å². The fourth-order valence-corrected chi connectivity index (χ4v) is 3.74. The lowest BCUT2D eigenvalue weighted by Gasteiger charge is -2.14. The van der Waals surface area contributed by atoms with Gasteiger partial charge in [-0.25, -0.2) is 4.98 Å². The Bertz CT molecular complexity index is 983. The zero-order chi connectivity index (χ0) is 19.4. The Morgan fingerprint density at radius 2 is 2.11 bits per heavy atom. The first-order valence-corrected chi connectivity index (χ1v) is 10.5. The maximum Gasteiger partial charge on any atom is 0.262 e. The minimum absolute atomic E-state index is 0.0761. The second-order valence-electron chi connectivity index (χ2n) is 6.86. The van der Waals surface area contributed by atoms with E-state index in [2.05, 4.69) is 35.9 Å². The molecular weight excluding hydrogens is 384 g/mol. The third-order valence-corrected chi connectivity index (χ3v) is 5.21. The van der Waals surface area contributed by atoms with Gasteiger partial charge in [0.2, 0.25) is 5.89 Å². The molecule has 2 aromatic heterocycles. The SMILES string of the molecule is CCCCc1noc(CSc2nc3ccc(Cl)cc3c(=O)n2CC(C)C)n1. The van der Waals surface area contributed by atoms with E-state index >= 15 is 0 Å². The van der Waals surface area contributed by atoms with Gasteiger partial charge in [0.1, 0.15) is 0 Å². The number of hydrogen-bond acceptors (Lipinski definition) is 6. The Morgan fingerprint density at radius 3 is 2.85 bits per heavy atom. The van der Waals surface area contributed by atoms with E-state index in [9.17, 15) is 4.79 Å². The van der Waals surface area contributed by atoms with E-state index in [-0.39, 0.29) is 5.56 Å². The molecule has 0 N–H and O–H groups in total. The molecule has 0 saturated carbocycles. The van der Waals surface area contributed by atoms with Gasteiger partial charge < -0.3 is 4.52 Å². The van der Waals surface area contributed by atoms with E-state index in [1.54, 1.807) is 22.8 Å². The average Bonchev–Trinajstić information content (AvgIpc) is 3.09. The van der Waals surface area contributed by atoms with Crippen LogP contribution in [0, 0.1) is 5.92 Å². The molecule has 0 amide bonds. The van der Waals surface area contributed by atoms with E-state index in [1.165, 1.54) is 11.8 Å². The van der Waals surface area contributed by atoms with Gasteiger partial charge >= 0.3 is 0 Å². The summed E-state index contributed by atoms with van der Waals surface area (Å²) in [5.41, 5.74) is 0.564. The molecule has 1 aromatic carbocycles. The van der Waals surface area contributed by atoms with Crippen LogP contribution in [0.2, 0.25) is 5.02 Å². The van der Waals surface area contributed by atoms with Gasteiger partial charge in [-0.2, -0.15) is 4.98 Å². The number of rotatable bonds is 8. The third-order valence-electron chi connectivity index (χ3n) is 4.02. The molecule has 144 valence electrons. The molecule has 27 heavy (non-hydrogen) atoms. The van der Waals surface area contributed by atoms with E-state index in [0.717, 1.165) is 25.1 Å². The first-order valence-electron chi connectivity index (χ1n) is 9.12. The fraction of sp³-hybridized carbons (Fsp3) is 0.474. The van der Waals surface area contributed by atoms with Gasteiger partial charge in [-0.1, -0.05) is 55.7 Å². The highest BCUT2D eigenvalue weighted by atomic mass is 35.5. The molecule has 3 rings (SSSR count). The van der Waals surface area contributed by atoms with Crippen LogP contribution in [0.4, 0.5) is 0 Å². The number of halogens is 1. The van der Waals surface area contributed by atoms with Crippen LogP contribution in [0.15, 0.2) is 32.7 Å². The van der Waals surface area contributed by atoms with E-state index in [4.69, 9.17) is 16.1 Å². The van der Waals surface area contributed by atoms with Crippen LogP contribution in [-0.2, 0) is 18.7 Å². The predicted molar refractivity (Wildman–Crippen MR) is 108 cm³/mol.